The molecule has 1 rings (SSSR count). The van der Waals surface area contributed by atoms with E-state index in [0.29, 0.717) is 5.56 Å². The highest BCUT2D eigenvalue weighted by Gasteiger charge is 2.24. The van der Waals surface area contributed by atoms with Gasteiger partial charge in [-0.3, -0.25) is 0 Å². The number of rotatable bonds is 3. The number of para-hydroxylation sites is 1. The van der Waals surface area contributed by atoms with Gasteiger partial charge in [-0.25, -0.2) is 4.79 Å². The van der Waals surface area contributed by atoms with E-state index in [-0.39, 0.29) is 5.75 Å². The molecule has 4 nitrogen and oxygen atoms in total. The van der Waals surface area contributed by atoms with Gasteiger partial charge in [0, 0.05) is 5.92 Å². The van der Waals surface area contributed by atoms with Gasteiger partial charge in [0.05, 0.1) is 0 Å². The monoisotopic (exact) mass is 196 g/mol. The van der Waals surface area contributed by atoms with Crippen LogP contribution in [0.3, 0.4) is 0 Å². The summed E-state index contributed by atoms with van der Waals surface area (Å²) < 4.78 is 0. The van der Waals surface area contributed by atoms with Crippen molar-refractivity contribution in [2.75, 3.05) is 0 Å². The Labute approximate surface area is 81.4 Å². The number of phenols is 1. The predicted molar refractivity (Wildman–Crippen MR) is 50.2 cm³/mol. The second kappa shape index (κ2) is 4.11. The molecule has 0 aliphatic rings. The van der Waals surface area contributed by atoms with Crippen LogP contribution in [0.4, 0.5) is 0 Å². The number of aliphatic carboxylic acids is 1. The molecule has 76 valence electrons. The third-order valence-electron chi connectivity index (χ3n) is 2.15. The van der Waals surface area contributed by atoms with E-state index in [1.165, 1.54) is 6.07 Å². The fourth-order valence-corrected chi connectivity index (χ4v) is 1.26. The van der Waals surface area contributed by atoms with E-state index in [1.807, 2.05) is 0 Å². The molecule has 0 amide bonds. The Balaban J connectivity index is 2.94. The molecule has 1 aromatic rings. The number of carbonyl (C=O) groups is 1. The summed E-state index contributed by atoms with van der Waals surface area (Å²) in [5.41, 5.74) is 0.433. The van der Waals surface area contributed by atoms with Crippen LogP contribution in [0.2, 0.25) is 0 Å². The molecule has 0 aliphatic carbocycles. The summed E-state index contributed by atoms with van der Waals surface area (Å²) in [6.07, 6.45) is -1.50. The third kappa shape index (κ3) is 2.03. The van der Waals surface area contributed by atoms with Crippen molar-refractivity contribution in [3.63, 3.8) is 0 Å². The first-order chi connectivity index (χ1) is 6.54. The minimum Gasteiger partial charge on any atom is -0.508 e. The van der Waals surface area contributed by atoms with Crippen LogP contribution in [0.25, 0.3) is 0 Å². The SMILES string of the molecule is CC(c1ccccc1O)C(O)C(=O)O. The highest BCUT2D eigenvalue weighted by Crippen LogP contribution is 2.27. The van der Waals surface area contributed by atoms with Gasteiger partial charge in [-0.1, -0.05) is 25.1 Å². The average Bonchev–Trinajstić information content (AvgIpc) is 2.16. The van der Waals surface area contributed by atoms with Crippen molar-refractivity contribution in [3.8, 4) is 5.75 Å². The quantitative estimate of drug-likeness (QED) is 0.672. The standard InChI is InChI=1S/C10H12O4/c1-6(9(12)10(13)14)7-4-2-3-5-8(7)11/h2-6,9,11-12H,1H3,(H,13,14). The number of aromatic hydroxyl groups is 1. The van der Waals surface area contributed by atoms with E-state index >= 15 is 0 Å². The number of hydrogen-bond donors (Lipinski definition) is 3. The smallest absolute Gasteiger partial charge is 0.333 e. The Morgan fingerprint density at radius 1 is 1.36 bits per heavy atom. The molecule has 2 unspecified atom stereocenters. The van der Waals surface area contributed by atoms with Crippen LogP contribution in [0.5, 0.6) is 5.75 Å². The predicted octanol–water partition coefficient (Wildman–Crippen LogP) is 0.941. The lowest BCUT2D eigenvalue weighted by Crippen LogP contribution is -2.25. The molecule has 4 heteroatoms. The van der Waals surface area contributed by atoms with Crippen LogP contribution in [0.1, 0.15) is 18.4 Å². The first-order valence-electron chi connectivity index (χ1n) is 4.22. The van der Waals surface area contributed by atoms with Gasteiger partial charge in [-0.2, -0.15) is 0 Å². The van der Waals surface area contributed by atoms with Crippen LogP contribution in [-0.2, 0) is 4.79 Å². The van der Waals surface area contributed by atoms with Crippen LogP contribution in [0, 0.1) is 0 Å². The second-order valence-electron chi connectivity index (χ2n) is 3.13. The number of aliphatic hydroxyl groups excluding tert-OH is 1. The summed E-state index contributed by atoms with van der Waals surface area (Å²) in [6, 6.07) is 6.37. The molecule has 0 spiro atoms. The molecule has 0 aliphatic heterocycles. The lowest BCUT2D eigenvalue weighted by atomic mass is 9.95. The molecule has 0 saturated heterocycles. The lowest BCUT2D eigenvalue weighted by molar-refractivity contribution is -0.147. The molecule has 2 atom stereocenters. The average molecular weight is 196 g/mol. The maximum atomic E-state index is 10.5. The molecule has 0 saturated carbocycles. The molecule has 0 heterocycles. The summed E-state index contributed by atoms with van der Waals surface area (Å²) in [6.45, 7) is 1.55. The van der Waals surface area contributed by atoms with Gasteiger partial charge >= 0.3 is 5.97 Å². The Morgan fingerprint density at radius 2 is 1.93 bits per heavy atom. The van der Waals surface area contributed by atoms with Crippen LogP contribution < -0.4 is 0 Å². The van der Waals surface area contributed by atoms with Gasteiger partial charge in [0.25, 0.3) is 0 Å². The van der Waals surface area contributed by atoms with Crippen molar-refractivity contribution in [2.24, 2.45) is 0 Å². The zero-order chi connectivity index (χ0) is 10.7. The van der Waals surface area contributed by atoms with E-state index in [0.717, 1.165) is 0 Å². The highest BCUT2D eigenvalue weighted by molar-refractivity contribution is 5.73. The minimum absolute atomic E-state index is 0.000278. The number of benzene rings is 1. The Hall–Kier alpha value is -1.55. The Morgan fingerprint density at radius 3 is 2.43 bits per heavy atom. The summed E-state index contributed by atoms with van der Waals surface area (Å²) in [4.78, 5) is 10.5. The number of hydrogen-bond acceptors (Lipinski definition) is 3. The van der Waals surface area contributed by atoms with E-state index in [1.54, 1.807) is 25.1 Å². The second-order valence-corrected chi connectivity index (χ2v) is 3.13. The first kappa shape index (κ1) is 10.5. The van der Waals surface area contributed by atoms with Gasteiger partial charge in [0.1, 0.15) is 5.75 Å². The topological polar surface area (TPSA) is 77.8 Å². The van der Waals surface area contributed by atoms with E-state index in [9.17, 15) is 15.0 Å². The first-order valence-corrected chi connectivity index (χ1v) is 4.22. The highest BCUT2D eigenvalue weighted by atomic mass is 16.4. The third-order valence-corrected chi connectivity index (χ3v) is 2.15. The summed E-state index contributed by atoms with van der Waals surface area (Å²) >= 11 is 0. The fraction of sp³-hybridized carbons (Fsp3) is 0.300. The molecule has 0 bridgehead atoms. The van der Waals surface area contributed by atoms with E-state index in [2.05, 4.69) is 0 Å². The van der Waals surface area contributed by atoms with Gasteiger partial charge in [-0.05, 0) is 11.6 Å². The Bertz CT molecular complexity index is 335. The summed E-state index contributed by atoms with van der Waals surface area (Å²) in [5.74, 6) is -1.92. The molecular formula is C10H12O4. The zero-order valence-electron chi connectivity index (χ0n) is 7.71. The van der Waals surface area contributed by atoms with E-state index in [4.69, 9.17) is 5.11 Å². The number of phenolic OH excluding ortho intramolecular Hbond substituents is 1. The van der Waals surface area contributed by atoms with Crippen molar-refractivity contribution in [1.82, 2.24) is 0 Å². The maximum absolute atomic E-state index is 10.5. The van der Waals surface area contributed by atoms with Gasteiger partial charge in [0.2, 0.25) is 0 Å². The van der Waals surface area contributed by atoms with Crippen molar-refractivity contribution in [1.29, 1.82) is 0 Å². The van der Waals surface area contributed by atoms with Crippen LogP contribution in [-0.4, -0.2) is 27.4 Å². The largest absolute Gasteiger partial charge is 0.508 e. The number of aliphatic hydroxyl groups is 1. The normalized spacial score (nSPS) is 14.7. The van der Waals surface area contributed by atoms with Crippen LogP contribution >= 0.6 is 0 Å². The molecule has 1 aromatic carbocycles. The molecule has 0 radical (unpaired) electrons. The lowest BCUT2D eigenvalue weighted by Gasteiger charge is -2.16. The van der Waals surface area contributed by atoms with Crippen molar-refractivity contribution in [3.05, 3.63) is 29.8 Å². The van der Waals surface area contributed by atoms with Crippen LogP contribution in [0.15, 0.2) is 24.3 Å². The van der Waals surface area contributed by atoms with Gasteiger partial charge in [0.15, 0.2) is 6.10 Å². The van der Waals surface area contributed by atoms with Crippen molar-refractivity contribution >= 4 is 5.97 Å². The van der Waals surface area contributed by atoms with Gasteiger partial charge in [-0.15, -0.1) is 0 Å². The molecular weight excluding hydrogens is 184 g/mol. The zero-order valence-corrected chi connectivity index (χ0v) is 7.71. The summed E-state index contributed by atoms with van der Waals surface area (Å²) in [7, 11) is 0. The maximum Gasteiger partial charge on any atom is 0.333 e. The van der Waals surface area contributed by atoms with Gasteiger partial charge < -0.3 is 15.3 Å². The number of carboxylic acids is 1. The summed E-state index contributed by atoms with van der Waals surface area (Å²) in [5, 5.41) is 27.2. The minimum atomic E-state index is -1.50. The van der Waals surface area contributed by atoms with Crippen molar-refractivity contribution < 1.29 is 20.1 Å². The number of carboxylic acid groups (broad SMARTS) is 1. The van der Waals surface area contributed by atoms with Crippen molar-refractivity contribution in [2.45, 2.75) is 18.9 Å². The van der Waals surface area contributed by atoms with E-state index < -0.39 is 18.0 Å². The molecule has 0 aromatic heterocycles. The molecule has 14 heavy (non-hydrogen) atoms. The molecule has 3 N–H and O–H groups in total. The molecule has 0 fully saturated rings. The fourth-order valence-electron chi connectivity index (χ4n) is 1.26. The Kier molecular flexibility index (Phi) is 3.09.